The summed E-state index contributed by atoms with van der Waals surface area (Å²) in [5, 5.41) is 10.3. The van der Waals surface area contributed by atoms with Gasteiger partial charge in [0.15, 0.2) is 6.39 Å². The second kappa shape index (κ2) is 11.6. The van der Waals surface area contributed by atoms with Crippen molar-refractivity contribution in [2.24, 2.45) is 0 Å². The minimum atomic E-state index is -1.02. The second-order valence-corrected chi connectivity index (χ2v) is 10.3. The van der Waals surface area contributed by atoms with E-state index in [1.165, 1.54) is 18.5 Å². The van der Waals surface area contributed by atoms with Crippen LogP contribution < -0.4 is 4.74 Å². The van der Waals surface area contributed by atoms with Crippen molar-refractivity contribution in [2.75, 3.05) is 0 Å². The predicted molar refractivity (Wildman–Crippen MR) is 156 cm³/mol. The average Bonchev–Trinajstić information content (AvgIpc) is 3.61. The zero-order valence-corrected chi connectivity index (χ0v) is 23.3. The van der Waals surface area contributed by atoms with Crippen LogP contribution in [0.5, 0.6) is 5.88 Å². The van der Waals surface area contributed by atoms with Gasteiger partial charge >= 0.3 is 5.97 Å². The number of pyridine rings is 1. The van der Waals surface area contributed by atoms with Gasteiger partial charge in [-0.05, 0) is 48.0 Å². The highest BCUT2D eigenvalue weighted by Crippen LogP contribution is 2.30. The molecule has 0 amide bonds. The van der Waals surface area contributed by atoms with Crippen molar-refractivity contribution in [2.45, 2.75) is 19.6 Å². The molecule has 0 atom stereocenters. The molecule has 0 fully saturated rings. The van der Waals surface area contributed by atoms with Crippen LogP contribution in [0.3, 0.4) is 0 Å². The maximum atomic E-state index is 14.1. The SMILES string of the molecule is O=C(O)c1ccc2nc(Cc3ccc(-c4cccc(OCc5ccc(Cl)cc5F)n4)c(Cl)c3)n(Cc3cnco3)c2c1. The molecule has 6 aromatic rings. The smallest absolute Gasteiger partial charge is 0.335 e. The Morgan fingerprint density at radius 1 is 1.02 bits per heavy atom. The van der Waals surface area contributed by atoms with Gasteiger partial charge in [0.05, 0.1) is 40.1 Å². The quantitative estimate of drug-likeness (QED) is 0.183. The molecule has 0 saturated carbocycles. The minimum absolute atomic E-state index is 0.00481. The fourth-order valence-electron chi connectivity index (χ4n) is 4.59. The number of halogens is 3. The number of oxazole rings is 1. The number of hydrogen-bond acceptors (Lipinski definition) is 6. The lowest BCUT2D eigenvalue weighted by atomic mass is 10.1. The van der Waals surface area contributed by atoms with E-state index in [-0.39, 0.29) is 12.2 Å². The molecule has 0 aliphatic carbocycles. The molecule has 0 saturated heterocycles. The van der Waals surface area contributed by atoms with E-state index >= 15 is 0 Å². The van der Waals surface area contributed by atoms with Crippen molar-refractivity contribution in [3.8, 4) is 17.1 Å². The van der Waals surface area contributed by atoms with Crippen molar-refractivity contribution in [3.05, 3.63) is 130 Å². The first-order valence-corrected chi connectivity index (χ1v) is 13.5. The number of carboxylic acid groups (broad SMARTS) is 1. The molecule has 42 heavy (non-hydrogen) atoms. The number of ether oxygens (including phenoxy) is 1. The molecule has 0 aliphatic heterocycles. The van der Waals surface area contributed by atoms with E-state index in [0.717, 1.165) is 5.56 Å². The van der Waals surface area contributed by atoms with Gasteiger partial charge in [-0.1, -0.05) is 47.5 Å². The van der Waals surface area contributed by atoms with E-state index in [1.54, 1.807) is 42.6 Å². The predicted octanol–water partition coefficient (Wildman–Crippen LogP) is 7.45. The van der Waals surface area contributed by atoms with E-state index in [2.05, 4.69) is 9.97 Å². The molecule has 0 bridgehead atoms. The minimum Gasteiger partial charge on any atom is -0.478 e. The van der Waals surface area contributed by atoms with Crippen LogP contribution in [0.4, 0.5) is 4.39 Å². The molecule has 3 aromatic carbocycles. The molecule has 3 heterocycles. The zero-order chi connectivity index (χ0) is 29.2. The third-order valence-corrected chi connectivity index (χ3v) is 7.21. The van der Waals surface area contributed by atoms with E-state index in [0.29, 0.717) is 68.3 Å². The number of carbonyl (C=O) groups is 1. The van der Waals surface area contributed by atoms with Gasteiger partial charge in [-0.25, -0.2) is 24.1 Å². The fraction of sp³-hybridized carbons (Fsp3) is 0.0968. The second-order valence-electron chi connectivity index (χ2n) is 9.47. The van der Waals surface area contributed by atoms with Crippen molar-refractivity contribution in [1.82, 2.24) is 19.5 Å². The number of fused-ring (bicyclic) bond motifs is 1. The summed E-state index contributed by atoms with van der Waals surface area (Å²) in [5.74, 6) is 0.165. The molecule has 11 heteroatoms. The van der Waals surface area contributed by atoms with Crippen molar-refractivity contribution < 1.29 is 23.4 Å². The van der Waals surface area contributed by atoms with Crippen LogP contribution in [-0.2, 0) is 19.6 Å². The van der Waals surface area contributed by atoms with Gasteiger partial charge in [-0.15, -0.1) is 0 Å². The van der Waals surface area contributed by atoms with Crippen molar-refractivity contribution in [1.29, 1.82) is 0 Å². The number of aromatic nitrogens is 4. The summed E-state index contributed by atoms with van der Waals surface area (Å²) >= 11 is 12.6. The Hall–Kier alpha value is -4.73. The molecular formula is C31H21Cl2FN4O4. The summed E-state index contributed by atoms with van der Waals surface area (Å²) in [4.78, 5) is 24.9. The first-order chi connectivity index (χ1) is 20.3. The van der Waals surface area contributed by atoms with Crippen LogP contribution in [0.25, 0.3) is 22.3 Å². The van der Waals surface area contributed by atoms with Crippen LogP contribution in [0, 0.1) is 5.82 Å². The molecule has 0 spiro atoms. The van der Waals surface area contributed by atoms with Crippen LogP contribution in [-0.4, -0.2) is 30.6 Å². The topological polar surface area (TPSA) is 103 Å². The van der Waals surface area contributed by atoms with Crippen LogP contribution >= 0.6 is 23.2 Å². The molecule has 0 aliphatic rings. The Bertz CT molecular complexity index is 1920. The zero-order valence-electron chi connectivity index (χ0n) is 21.8. The van der Waals surface area contributed by atoms with Gasteiger partial charge in [0.1, 0.15) is 24.0 Å². The number of rotatable bonds is 9. The first-order valence-electron chi connectivity index (χ1n) is 12.8. The fourth-order valence-corrected chi connectivity index (χ4v) is 5.05. The number of aromatic carboxylic acids is 1. The number of hydrogen-bond donors (Lipinski definition) is 1. The Morgan fingerprint density at radius 2 is 1.90 bits per heavy atom. The Morgan fingerprint density at radius 3 is 2.67 bits per heavy atom. The Balaban J connectivity index is 1.25. The number of carboxylic acids is 1. The summed E-state index contributed by atoms with van der Waals surface area (Å²) < 4.78 is 27.2. The summed E-state index contributed by atoms with van der Waals surface area (Å²) in [5.41, 5.74) is 4.05. The maximum Gasteiger partial charge on any atom is 0.335 e. The summed E-state index contributed by atoms with van der Waals surface area (Å²) in [6.07, 6.45) is 3.38. The monoisotopic (exact) mass is 602 g/mol. The summed E-state index contributed by atoms with van der Waals surface area (Å²) in [6, 6.07) is 20.2. The number of nitrogens with zero attached hydrogens (tertiary/aromatic N) is 4. The van der Waals surface area contributed by atoms with Crippen LogP contribution in [0.2, 0.25) is 10.0 Å². The van der Waals surface area contributed by atoms with Gasteiger partial charge in [-0.3, -0.25) is 0 Å². The van der Waals surface area contributed by atoms with Crippen LogP contribution in [0.1, 0.15) is 33.1 Å². The molecular weight excluding hydrogens is 582 g/mol. The number of imidazole rings is 1. The van der Waals surface area contributed by atoms with Gasteiger partial charge in [0.25, 0.3) is 0 Å². The molecule has 0 radical (unpaired) electrons. The largest absolute Gasteiger partial charge is 0.478 e. The Labute approximate surface area is 249 Å². The third-order valence-electron chi connectivity index (χ3n) is 6.66. The Kier molecular flexibility index (Phi) is 7.60. The first kappa shape index (κ1) is 27.4. The third kappa shape index (κ3) is 5.83. The molecule has 8 nitrogen and oxygen atoms in total. The maximum absolute atomic E-state index is 14.1. The molecule has 1 N–H and O–H groups in total. The average molecular weight is 603 g/mol. The number of benzene rings is 3. The normalized spacial score (nSPS) is 11.2. The standard InChI is InChI=1S/C31H21Cl2FN4O4/c32-21-7-5-20(25(34)13-21)16-41-30-3-1-2-26(37-30)23-8-4-18(10-24(23)33)11-29-36-27-9-6-19(31(39)40)12-28(27)38(29)15-22-14-35-17-42-22/h1-10,12-14,17H,11,15-16H2,(H,39,40). The molecule has 6 rings (SSSR count). The van der Waals surface area contributed by atoms with E-state index in [4.69, 9.17) is 37.3 Å². The van der Waals surface area contributed by atoms with Crippen LogP contribution in [0.15, 0.2) is 89.8 Å². The molecule has 210 valence electrons. The lowest BCUT2D eigenvalue weighted by Gasteiger charge is -2.11. The van der Waals surface area contributed by atoms with Gasteiger partial charge in [0, 0.05) is 28.6 Å². The van der Waals surface area contributed by atoms with Gasteiger partial charge in [-0.2, -0.15) is 0 Å². The lowest BCUT2D eigenvalue weighted by Crippen LogP contribution is -2.06. The lowest BCUT2D eigenvalue weighted by molar-refractivity contribution is 0.0697. The van der Waals surface area contributed by atoms with E-state index in [1.807, 2.05) is 28.8 Å². The summed E-state index contributed by atoms with van der Waals surface area (Å²) in [6.45, 7) is 0.326. The highest BCUT2D eigenvalue weighted by molar-refractivity contribution is 6.33. The van der Waals surface area contributed by atoms with Gasteiger partial charge < -0.3 is 18.8 Å². The molecule has 0 unspecified atom stereocenters. The van der Waals surface area contributed by atoms with Crippen molar-refractivity contribution >= 4 is 40.2 Å². The highest BCUT2D eigenvalue weighted by atomic mass is 35.5. The van der Waals surface area contributed by atoms with Crippen molar-refractivity contribution in [3.63, 3.8) is 0 Å². The summed E-state index contributed by atoms with van der Waals surface area (Å²) in [7, 11) is 0. The van der Waals surface area contributed by atoms with E-state index in [9.17, 15) is 14.3 Å². The molecule has 3 aromatic heterocycles. The van der Waals surface area contributed by atoms with Gasteiger partial charge in [0.2, 0.25) is 5.88 Å². The highest BCUT2D eigenvalue weighted by Gasteiger charge is 2.17. The van der Waals surface area contributed by atoms with E-state index < -0.39 is 11.8 Å².